The van der Waals surface area contributed by atoms with E-state index in [1.807, 2.05) is 31.2 Å². The smallest absolute Gasteiger partial charge is 0.229 e. The quantitative estimate of drug-likeness (QED) is 0.399. The van der Waals surface area contributed by atoms with Gasteiger partial charge in [0.2, 0.25) is 6.29 Å². The first-order chi connectivity index (χ1) is 13.6. The van der Waals surface area contributed by atoms with Gasteiger partial charge >= 0.3 is 0 Å². The van der Waals surface area contributed by atoms with Gasteiger partial charge in [-0.3, -0.25) is 0 Å². The van der Waals surface area contributed by atoms with Crippen molar-refractivity contribution in [3.05, 3.63) is 29.8 Å². The highest BCUT2D eigenvalue weighted by atomic mass is 16.7. The molecular formula is C23H34O5. The largest absolute Gasteiger partial charge is 0.462 e. The topological polar surface area (TPSA) is 79.2 Å². The SMILES string of the molecule is C#CCCCCCCCc1ccc(O[C@H]2O[C@H](CCC)[C@@H](O)[C@H](O)[C@@H]2O)cc1. The first-order valence-corrected chi connectivity index (χ1v) is 10.5. The Balaban J connectivity index is 1.79. The van der Waals surface area contributed by atoms with Crippen LogP contribution in [0.2, 0.25) is 0 Å². The third kappa shape index (κ3) is 6.79. The van der Waals surface area contributed by atoms with Crippen molar-refractivity contribution in [2.45, 2.75) is 95.4 Å². The molecule has 1 aromatic carbocycles. The molecule has 5 atom stereocenters. The highest BCUT2D eigenvalue weighted by Crippen LogP contribution is 2.26. The molecule has 1 saturated heterocycles. The number of terminal acetylenes is 1. The molecule has 2 rings (SSSR count). The fourth-order valence-corrected chi connectivity index (χ4v) is 3.49. The fourth-order valence-electron chi connectivity index (χ4n) is 3.49. The van der Waals surface area contributed by atoms with Gasteiger partial charge in [-0.2, -0.15) is 0 Å². The second kappa shape index (κ2) is 12.1. The van der Waals surface area contributed by atoms with Gasteiger partial charge in [0.15, 0.2) is 0 Å². The number of aliphatic hydroxyl groups excluding tert-OH is 3. The van der Waals surface area contributed by atoms with Crippen molar-refractivity contribution in [1.29, 1.82) is 0 Å². The zero-order chi connectivity index (χ0) is 20.4. The number of rotatable bonds is 11. The highest BCUT2D eigenvalue weighted by Gasteiger charge is 2.44. The second-order valence-electron chi connectivity index (χ2n) is 7.54. The molecule has 0 amide bonds. The summed E-state index contributed by atoms with van der Waals surface area (Å²) in [6.07, 6.45) is 9.17. The number of ether oxygens (including phenoxy) is 2. The normalized spacial score (nSPS) is 27.3. The van der Waals surface area contributed by atoms with Crippen LogP contribution in [-0.4, -0.2) is 46.0 Å². The molecule has 0 aliphatic carbocycles. The highest BCUT2D eigenvalue weighted by molar-refractivity contribution is 5.27. The standard InChI is InChI=1S/C23H34O5/c1-3-5-6-7-8-9-10-12-17-13-15-18(16-14-17)27-23-22(26)21(25)20(24)19(28-23)11-4-2/h1,13-16,19-26H,4-12H2,2H3/t19-,20-,21+,22+,23+/m1/s1. The molecule has 156 valence electrons. The number of aryl methyl sites for hydroxylation is 1. The van der Waals surface area contributed by atoms with Crippen LogP contribution in [0.3, 0.4) is 0 Å². The van der Waals surface area contributed by atoms with Gasteiger partial charge in [-0.05, 0) is 43.4 Å². The third-order valence-electron chi connectivity index (χ3n) is 5.20. The molecule has 0 saturated carbocycles. The van der Waals surface area contributed by atoms with Crippen molar-refractivity contribution >= 4 is 0 Å². The van der Waals surface area contributed by atoms with E-state index in [9.17, 15) is 15.3 Å². The van der Waals surface area contributed by atoms with Gasteiger partial charge in [0.05, 0.1) is 6.10 Å². The van der Waals surface area contributed by atoms with Crippen LogP contribution in [0.1, 0.15) is 63.9 Å². The van der Waals surface area contributed by atoms with Crippen LogP contribution in [0.4, 0.5) is 0 Å². The summed E-state index contributed by atoms with van der Waals surface area (Å²) >= 11 is 0. The van der Waals surface area contributed by atoms with E-state index in [2.05, 4.69) is 5.92 Å². The summed E-state index contributed by atoms with van der Waals surface area (Å²) < 4.78 is 11.4. The lowest BCUT2D eigenvalue weighted by molar-refractivity contribution is -0.273. The maximum absolute atomic E-state index is 10.2. The van der Waals surface area contributed by atoms with Crippen molar-refractivity contribution in [2.75, 3.05) is 0 Å². The second-order valence-corrected chi connectivity index (χ2v) is 7.54. The zero-order valence-electron chi connectivity index (χ0n) is 16.8. The van der Waals surface area contributed by atoms with Gasteiger partial charge in [0, 0.05) is 6.42 Å². The number of hydrogen-bond donors (Lipinski definition) is 3. The number of benzene rings is 1. The average molecular weight is 391 g/mol. The average Bonchev–Trinajstić information content (AvgIpc) is 2.70. The molecule has 3 N–H and O–H groups in total. The van der Waals surface area contributed by atoms with Crippen molar-refractivity contribution in [1.82, 2.24) is 0 Å². The first kappa shape index (κ1) is 22.7. The lowest BCUT2D eigenvalue weighted by Gasteiger charge is -2.40. The summed E-state index contributed by atoms with van der Waals surface area (Å²) in [5.41, 5.74) is 1.24. The van der Waals surface area contributed by atoms with Crippen molar-refractivity contribution < 1.29 is 24.8 Å². The summed E-state index contributed by atoms with van der Waals surface area (Å²) in [5.74, 6) is 3.24. The first-order valence-electron chi connectivity index (χ1n) is 10.5. The Kier molecular flexibility index (Phi) is 9.80. The van der Waals surface area contributed by atoms with Crippen LogP contribution in [0.5, 0.6) is 5.75 Å². The summed E-state index contributed by atoms with van der Waals surface area (Å²) in [6, 6.07) is 7.73. The predicted molar refractivity (Wildman–Crippen MR) is 109 cm³/mol. The van der Waals surface area contributed by atoms with E-state index in [4.69, 9.17) is 15.9 Å². The molecule has 1 aromatic rings. The van der Waals surface area contributed by atoms with Crippen LogP contribution in [0, 0.1) is 12.3 Å². The maximum Gasteiger partial charge on any atom is 0.229 e. The van der Waals surface area contributed by atoms with Gasteiger partial charge in [-0.1, -0.05) is 44.7 Å². The van der Waals surface area contributed by atoms with E-state index in [0.29, 0.717) is 12.2 Å². The van der Waals surface area contributed by atoms with Crippen LogP contribution in [-0.2, 0) is 11.2 Å². The molecule has 5 nitrogen and oxygen atoms in total. The molecule has 1 aliphatic heterocycles. The van der Waals surface area contributed by atoms with E-state index in [-0.39, 0.29) is 0 Å². The van der Waals surface area contributed by atoms with Crippen molar-refractivity contribution in [3.63, 3.8) is 0 Å². The van der Waals surface area contributed by atoms with E-state index in [0.717, 1.165) is 32.1 Å². The number of unbranched alkanes of at least 4 members (excludes halogenated alkanes) is 5. The van der Waals surface area contributed by atoms with Crippen LogP contribution >= 0.6 is 0 Å². The Hall–Kier alpha value is -1.58. The summed E-state index contributed by atoms with van der Waals surface area (Å²) in [6.45, 7) is 1.97. The molecule has 0 aromatic heterocycles. The van der Waals surface area contributed by atoms with Crippen molar-refractivity contribution in [2.24, 2.45) is 0 Å². The summed E-state index contributed by atoms with van der Waals surface area (Å²) in [5, 5.41) is 30.2. The summed E-state index contributed by atoms with van der Waals surface area (Å²) in [7, 11) is 0. The minimum atomic E-state index is -1.29. The molecule has 0 bridgehead atoms. The maximum atomic E-state index is 10.2. The van der Waals surface area contributed by atoms with E-state index >= 15 is 0 Å². The Morgan fingerprint density at radius 2 is 1.64 bits per heavy atom. The van der Waals surface area contributed by atoms with E-state index in [1.165, 1.54) is 24.8 Å². The molecule has 1 aliphatic rings. The summed E-state index contributed by atoms with van der Waals surface area (Å²) in [4.78, 5) is 0. The number of hydrogen-bond acceptors (Lipinski definition) is 5. The third-order valence-corrected chi connectivity index (χ3v) is 5.20. The molecule has 0 spiro atoms. The van der Waals surface area contributed by atoms with Crippen molar-refractivity contribution in [3.8, 4) is 18.1 Å². The fraction of sp³-hybridized carbons (Fsp3) is 0.652. The minimum Gasteiger partial charge on any atom is -0.462 e. The number of aliphatic hydroxyl groups is 3. The minimum absolute atomic E-state index is 0.548. The Morgan fingerprint density at radius 1 is 0.964 bits per heavy atom. The Morgan fingerprint density at radius 3 is 2.32 bits per heavy atom. The van der Waals surface area contributed by atoms with Crippen LogP contribution in [0.25, 0.3) is 0 Å². The Labute approximate surface area is 168 Å². The van der Waals surface area contributed by atoms with Gasteiger partial charge < -0.3 is 24.8 Å². The Bertz CT molecular complexity index is 594. The van der Waals surface area contributed by atoms with Gasteiger partial charge in [-0.25, -0.2) is 0 Å². The molecule has 1 heterocycles. The van der Waals surface area contributed by atoms with Crippen LogP contribution < -0.4 is 4.74 Å². The lowest BCUT2D eigenvalue weighted by atomic mass is 9.96. The molecule has 5 heteroatoms. The van der Waals surface area contributed by atoms with Gasteiger partial charge in [0.1, 0.15) is 24.1 Å². The molecule has 0 radical (unpaired) electrons. The van der Waals surface area contributed by atoms with Gasteiger partial charge in [0.25, 0.3) is 0 Å². The van der Waals surface area contributed by atoms with E-state index < -0.39 is 30.7 Å². The molecule has 0 unspecified atom stereocenters. The van der Waals surface area contributed by atoms with Gasteiger partial charge in [-0.15, -0.1) is 12.3 Å². The molecule has 28 heavy (non-hydrogen) atoms. The predicted octanol–water partition coefficient (Wildman–Crippen LogP) is 3.19. The van der Waals surface area contributed by atoms with E-state index in [1.54, 1.807) is 0 Å². The lowest BCUT2D eigenvalue weighted by Crippen LogP contribution is -2.59. The monoisotopic (exact) mass is 390 g/mol. The zero-order valence-corrected chi connectivity index (χ0v) is 16.8. The molecular weight excluding hydrogens is 356 g/mol. The van der Waals surface area contributed by atoms with Crippen LogP contribution in [0.15, 0.2) is 24.3 Å². The molecule has 1 fully saturated rings.